The van der Waals surface area contributed by atoms with Gasteiger partial charge in [-0.1, -0.05) is 119 Å². The first kappa shape index (κ1) is 39.2. The van der Waals surface area contributed by atoms with Gasteiger partial charge in [0.1, 0.15) is 11.6 Å². The largest absolute Gasteiger partial charge is 0.348 e. The number of hydrogen-bond acceptors (Lipinski definition) is 7. The molecule has 1 aliphatic heterocycles. The van der Waals surface area contributed by atoms with Crippen LogP contribution in [0.4, 0.5) is 5.13 Å². The highest BCUT2D eigenvalue weighted by atomic mass is 32.1. The summed E-state index contributed by atoms with van der Waals surface area (Å²) in [5.41, 5.74) is 0.0989. The van der Waals surface area contributed by atoms with E-state index >= 15 is 0 Å². The van der Waals surface area contributed by atoms with Gasteiger partial charge in [0, 0.05) is 36.5 Å². The summed E-state index contributed by atoms with van der Waals surface area (Å²) in [7, 11) is 1.41. The number of imide groups is 1. The molecule has 0 bridgehead atoms. The second kappa shape index (κ2) is 16.7. The summed E-state index contributed by atoms with van der Waals surface area (Å²) in [4.78, 5) is 49.1. The van der Waals surface area contributed by atoms with E-state index in [-0.39, 0.29) is 16.6 Å². The number of nitriles is 1. The first-order valence-electron chi connectivity index (χ1n) is 17.2. The lowest BCUT2D eigenvalue weighted by Gasteiger charge is -2.36. The zero-order chi connectivity index (χ0) is 35.0. The Labute approximate surface area is 282 Å². The number of rotatable bonds is 15. The molecule has 1 aromatic heterocycles. The molecule has 8 nitrogen and oxygen atoms in total. The van der Waals surface area contributed by atoms with Crippen LogP contribution in [0.25, 0.3) is 6.08 Å². The third-order valence-electron chi connectivity index (χ3n) is 8.90. The number of aromatic nitrogens is 1. The van der Waals surface area contributed by atoms with E-state index in [0.29, 0.717) is 17.4 Å². The molecule has 0 radical (unpaired) electrons. The van der Waals surface area contributed by atoms with Gasteiger partial charge in [0.15, 0.2) is 5.13 Å². The second-order valence-electron chi connectivity index (χ2n) is 14.9. The summed E-state index contributed by atoms with van der Waals surface area (Å²) in [6.07, 6.45) is 11.1. The first-order valence-corrected chi connectivity index (χ1v) is 18.0. The molecular formula is C37H59N5O3S. The van der Waals surface area contributed by atoms with Gasteiger partial charge in [0.25, 0.3) is 11.8 Å². The molecule has 1 aliphatic rings. The van der Waals surface area contributed by atoms with Crippen molar-refractivity contribution in [1.82, 2.24) is 15.0 Å². The van der Waals surface area contributed by atoms with Crippen LogP contribution in [0.2, 0.25) is 0 Å². The molecule has 2 unspecified atom stereocenters. The predicted molar refractivity (Wildman–Crippen MR) is 190 cm³/mol. The van der Waals surface area contributed by atoms with Crippen molar-refractivity contribution in [1.29, 1.82) is 5.26 Å². The number of hydrogen-bond donors (Lipinski definition) is 0. The Morgan fingerprint density at radius 1 is 0.957 bits per heavy atom. The summed E-state index contributed by atoms with van der Waals surface area (Å²) in [5.74, 6) is -0.690. The maximum atomic E-state index is 14.0. The Kier molecular flexibility index (Phi) is 14.2. The lowest BCUT2D eigenvalue weighted by Crippen LogP contribution is -2.56. The van der Waals surface area contributed by atoms with Crippen LogP contribution in [0.3, 0.4) is 0 Å². The molecule has 9 heteroatoms. The van der Waals surface area contributed by atoms with Gasteiger partial charge >= 0.3 is 0 Å². The molecule has 0 aliphatic carbocycles. The summed E-state index contributed by atoms with van der Waals surface area (Å²) in [5, 5.41) is 12.8. The topological polar surface area (TPSA) is 97.6 Å². The van der Waals surface area contributed by atoms with Crippen LogP contribution in [-0.4, -0.2) is 52.9 Å². The van der Waals surface area contributed by atoms with E-state index in [1.807, 2.05) is 6.07 Å². The smallest absolute Gasteiger partial charge is 0.290 e. The number of nitrogens with zero attached hydrogens (tertiary/aromatic N) is 5. The van der Waals surface area contributed by atoms with Gasteiger partial charge in [-0.2, -0.15) is 10.3 Å². The maximum absolute atomic E-state index is 14.0. The molecular weight excluding hydrogens is 595 g/mol. The van der Waals surface area contributed by atoms with Crippen molar-refractivity contribution < 1.29 is 14.4 Å². The highest BCUT2D eigenvalue weighted by Gasteiger charge is 2.42. The molecule has 2 rings (SSSR count). The van der Waals surface area contributed by atoms with Crippen LogP contribution in [0.1, 0.15) is 138 Å². The number of carbonyl (C=O) groups is 3. The second-order valence-corrected chi connectivity index (χ2v) is 15.9. The van der Waals surface area contributed by atoms with Gasteiger partial charge in [-0.15, -0.1) is 0 Å². The minimum atomic E-state index is -0.835. The fraction of sp³-hybridized carbons (Fsp3) is 0.703. The fourth-order valence-electron chi connectivity index (χ4n) is 5.83. The average Bonchev–Trinajstić information content (AvgIpc) is 3.42. The van der Waals surface area contributed by atoms with Crippen molar-refractivity contribution in [3.8, 4) is 6.07 Å². The molecule has 0 N–H and O–H groups in total. The number of unbranched alkanes of at least 4 members (excludes halogenated alkanes) is 2. The Bertz CT molecular complexity index is 1320. The van der Waals surface area contributed by atoms with Gasteiger partial charge < -0.3 is 4.90 Å². The normalized spacial score (nSPS) is 16.6. The van der Waals surface area contributed by atoms with Gasteiger partial charge in [-0.05, 0) is 43.3 Å². The Balaban J connectivity index is 2.75. The van der Waals surface area contributed by atoms with Crippen LogP contribution in [0.15, 0.2) is 16.7 Å². The van der Waals surface area contributed by atoms with Gasteiger partial charge in [-0.25, -0.2) is 9.99 Å². The van der Waals surface area contributed by atoms with Gasteiger partial charge in [0.2, 0.25) is 5.91 Å². The van der Waals surface area contributed by atoms with Gasteiger partial charge in [-0.3, -0.25) is 14.4 Å². The number of hydrazine groups is 1. The summed E-state index contributed by atoms with van der Waals surface area (Å²) in [6, 6.07) is 2.00. The molecule has 1 aromatic rings. The predicted octanol–water partition coefficient (Wildman–Crippen LogP) is 8.69. The molecule has 2 heterocycles. The average molecular weight is 654 g/mol. The number of anilines is 1. The molecule has 0 aromatic carbocycles. The molecule has 0 spiro atoms. The third-order valence-corrected chi connectivity index (χ3v) is 9.96. The molecule has 0 saturated carbocycles. The Hall–Kier alpha value is -2.99. The van der Waals surface area contributed by atoms with Crippen molar-refractivity contribution in [2.45, 2.75) is 133 Å². The zero-order valence-corrected chi connectivity index (χ0v) is 31.5. The SMILES string of the molecule is CCCCC(CC)CN(CC(CC)CCCC)c1nc(C(C)(C)C)c(/C=C2\C(=O)N(N(C)C(=O)C(C)(C)C)C(=O)C(C#N)=C2C)s1. The highest BCUT2D eigenvalue weighted by molar-refractivity contribution is 7.16. The molecule has 0 fully saturated rings. The summed E-state index contributed by atoms with van der Waals surface area (Å²) < 4.78 is 0. The minimum Gasteiger partial charge on any atom is -0.348 e. The van der Waals surface area contributed by atoms with Crippen molar-refractivity contribution in [3.63, 3.8) is 0 Å². The van der Waals surface area contributed by atoms with Crippen LogP contribution < -0.4 is 4.90 Å². The molecule has 2 atom stereocenters. The summed E-state index contributed by atoms with van der Waals surface area (Å²) in [6.45, 7) is 24.1. The van der Waals surface area contributed by atoms with Crippen LogP contribution in [0.5, 0.6) is 0 Å². The van der Waals surface area contributed by atoms with Crippen LogP contribution in [0, 0.1) is 28.6 Å². The van der Waals surface area contributed by atoms with Crippen LogP contribution >= 0.6 is 11.3 Å². The van der Waals surface area contributed by atoms with E-state index < -0.39 is 23.1 Å². The Morgan fingerprint density at radius 2 is 1.48 bits per heavy atom. The first-order chi connectivity index (χ1) is 21.5. The monoisotopic (exact) mass is 653 g/mol. The zero-order valence-electron chi connectivity index (χ0n) is 30.7. The van der Waals surface area contributed by atoms with Crippen molar-refractivity contribution in [2.24, 2.45) is 17.3 Å². The van der Waals surface area contributed by atoms with E-state index in [0.717, 1.165) is 51.7 Å². The highest BCUT2D eigenvalue weighted by Crippen LogP contribution is 2.39. The molecule has 256 valence electrons. The van der Waals surface area contributed by atoms with E-state index in [9.17, 15) is 19.6 Å². The van der Waals surface area contributed by atoms with E-state index in [1.165, 1.54) is 45.6 Å². The number of amides is 3. The molecule has 0 saturated heterocycles. The number of thiazole rings is 1. The standard InChI is InChI=1S/C37H59N5O3S/c1-13-17-19-26(15-3)23-41(24-27(16-4)20-18-14-2)35-39-31(36(6,7)8)30(46-35)21-28-25(5)29(22-38)33(44)42(32(28)43)40(12)34(45)37(9,10)11/h21,26-27H,13-20,23-24H2,1-12H3/b28-21-. The maximum Gasteiger partial charge on any atom is 0.290 e. The lowest BCUT2D eigenvalue weighted by molar-refractivity contribution is -0.171. The van der Waals surface area contributed by atoms with E-state index in [2.05, 4.69) is 53.4 Å². The third kappa shape index (κ3) is 9.53. The van der Waals surface area contributed by atoms with Gasteiger partial charge in [0.05, 0.1) is 10.6 Å². The summed E-state index contributed by atoms with van der Waals surface area (Å²) >= 11 is 1.57. The van der Waals surface area contributed by atoms with E-state index in [1.54, 1.807) is 45.1 Å². The quantitative estimate of drug-likeness (QED) is 0.139. The van der Waals surface area contributed by atoms with Crippen molar-refractivity contribution >= 4 is 40.3 Å². The lowest BCUT2D eigenvalue weighted by atomic mass is 9.89. The number of carbonyl (C=O) groups excluding carboxylic acids is 3. The van der Waals surface area contributed by atoms with Crippen molar-refractivity contribution in [3.05, 3.63) is 27.3 Å². The minimum absolute atomic E-state index is 0.147. The fourth-order valence-corrected chi connectivity index (χ4v) is 7.07. The molecule has 3 amide bonds. The van der Waals surface area contributed by atoms with E-state index in [4.69, 9.17) is 4.98 Å². The molecule has 46 heavy (non-hydrogen) atoms. The Morgan fingerprint density at radius 3 is 1.89 bits per heavy atom. The van der Waals surface area contributed by atoms with Crippen molar-refractivity contribution in [2.75, 3.05) is 25.0 Å². The van der Waals surface area contributed by atoms with Crippen LogP contribution in [-0.2, 0) is 19.8 Å².